The Kier molecular flexibility index (Phi) is 7.34. The van der Waals surface area contributed by atoms with Crippen molar-refractivity contribution in [3.63, 3.8) is 0 Å². The summed E-state index contributed by atoms with van der Waals surface area (Å²) in [5.41, 5.74) is 1.65. The van der Waals surface area contributed by atoms with Gasteiger partial charge in [0.25, 0.3) is 5.56 Å². The first-order chi connectivity index (χ1) is 17.2. The standard InChI is InChI=1S/C24H20ClF2N5O4/c1-12-8-29-17(16-3-4-28-23(31-16)20(34)10-33)7-19(12)32-13(2)5-21(22(25)24(32)35)36-11-18-15(27)6-14(26)9-30-18/h3-9,20,33-34H,10-11H2,1-2H3/t20-/m0/s1. The monoisotopic (exact) mass is 515 g/mol. The molecule has 36 heavy (non-hydrogen) atoms. The highest BCUT2D eigenvalue weighted by atomic mass is 35.5. The Labute approximate surface area is 208 Å². The predicted molar refractivity (Wildman–Crippen MR) is 126 cm³/mol. The number of hydrogen-bond acceptors (Lipinski definition) is 8. The molecule has 9 nitrogen and oxygen atoms in total. The van der Waals surface area contributed by atoms with E-state index in [1.807, 2.05) is 0 Å². The van der Waals surface area contributed by atoms with E-state index in [9.17, 15) is 23.8 Å². The van der Waals surface area contributed by atoms with Gasteiger partial charge in [-0.15, -0.1) is 0 Å². The second-order valence-electron chi connectivity index (χ2n) is 7.83. The smallest absolute Gasteiger partial charge is 0.277 e. The Morgan fingerprint density at radius 3 is 2.61 bits per heavy atom. The van der Waals surface area contributed by atoms with E-state index in [1.165, 1.54) is 16.8 Å². The van der Waals surface area contributed by atoms with Crippen molar-refractivity contribution in [1.29, 1.82) is 0 Å². The minimum absolute atomic E-state index is 0.0197. The minimum Gasteiger partial charge on any atom is -0.485 e. The van der Waals surface area contributed by atoms with Crippen LogP contribution in [0.1, 0.15) is 28.9 Å². The van der Waals surface area contributed by atoms with Crippen molar-refractivity contribution >= 4 is 11.6 Å². The van der Waals surface area contributed by atoms with Gasteiger partial charge in [-0.2, -0.15) is 0 Å². The van der Waals surface area contributed by atoms with Crippen molar-refractivity contribution in [2.24, 2.45) is 0 Å². The number of aliphatic hydroxyl groups excluding tert-OH is 2. The fourth-order valence-electron chi connectivity index (χ4n) is 3.43. The number of rotatable bonds is 7. The van der Waals surface area contributed by atoms with E-state index in [-0.39, 0.29) is 28.9 Å². The molecular weight excluding hydrogens is 496 g/mol. The summed E-state index contributed by atoms with van der Waals surface area (Å²) < 4.78 is 33.9. The van der Waals surface area contributed by atoms with Crippen molar-refractivity contribution in [2.45, 2.75) is 26.6 Å². The number of aryl methyl sites for hydroxylation is 2. The van der Waals surface area contributed by atoms with Crippen LogP contribution < -0.4 is 10.3 Å². The fraction of sp³-hybridized carbons (Fsp3) is 0.208. The van der Waals surface area contributed by atoms with Gasteiger partial charge in [0, 0.05) is 30.2 Å². The van der Waals surface area contributed by atoms with Crippen LogP contribution in [-0.4, -0.2) is 41.3 Å². The van der Waals surface area contributed by atoms with Crippen molar-refractivity contribution in [3.05, 3.63) is 92.6 Å². The molecule has 0 spiro atoms. The molecule has 0 aliphatic carbocycles. The highest BCUT2D eigenvalue weighted by Gasteiger charge is 2.18. The largest absolute Gasteiger partial charge is 0.485 e. The first kappa shape index (κ1) is 25.3. The number of aliphatic hydroxyl groups is 2. The maximum atomic E-state index is 13.9. The van der Waals surface area contributed by atoms with Crippen LogP contribution in [0.2, 0.25) is 5.02 Å². The minimum atomic E-state index is -1.25. The second kappa shape index (κ2) is 10.4. The lowest BCUT2D eigenvalue weighted by Crippen LogP contribution is -2.23. The SMILES string of the molecule is Cc1cnc(-c2ccnc([C@@H](O)CO)n2)cc1-n1c(C)cc(OCc2ncc(F)cc2F)c(Cl)c1=O. The van der Waals surface area contributed by atoms with Gasteiger partial charge in [0.1, 0.15) is 35.0 Å². The van der Waals surface area contributed by atoms with Crippen molar-refractivity contribution < 1.29 is 23.7 Å². The van der Waals surface area contributed by atoms with Gasteiger partial charge in [0.2, 0.25) is 0 Å². The molecule has 0 aliphatic heterocycles. The molecule has 0 fully saturated rings. The number of aromatic nitrogens is 5. The zero-order valence-electron chi connectivity index (χ0n) is 19.1. The Morgan fingerprint density at radius 1 is 1.11 bits per heavy atom. The van der Waals surface area contributed by atoms with Crippen molar-refractivity contribution in [1.82, 2.24) is 24.5 Å². The molecule has 0 amide bonds. The molecule has 0 saturated heterocycles. The molecule has 0 aliphatic rings. The first-order valence-electron chi connectivity index (χ1n) is 10.6. The molecule has 2 N–H and O–H groups in total. The topological polar surface area (TPSA) is 123 Å². The normalized spacial score (nSPS) is 12.0. The van der Waals surface area contributed by atoms with Gasteiger partial charge in [-0.25, -0.2) is 18.7 Å². The molecule has 4 rings (SSSR count). The van der Waals surface area contributed by atoms with E-state index in [2.05, 4.69) is 19.9 Å². The maximum Gasteiger partial charge on any atom is 0.277 e. The Bertz CT molecular complexity index is 1500. The van der Waals surface area contributed by atoms with Gasteiger partial charge >= 0.3 is 0 Å². The summed E-state index contributed by atoms with van der Waals surface area (Å²) in [4.78, 5) is 29.4. The van der Waals surface area contributed by atoms with Gasteiger partial charge < -0.3 is 14.9 Å². The van der Waals surface area contributed by atoms with Crippen LogP contribution in [0.25, 0.3) is 17.1 Å². The summed E-state index contributed by atoms with van der Waals surface area (Å²) in [6, 6.07) is 5.42. The third-order valence-electron chi connectivity index (χ3n) is 5.27. The Balaban J connectivity index is 1.71. The van der Waals surface area contributed by atoms with E-state index < -0.39 is 29.9 Å². The number of nitrogens with zero attached hydrogens (tertiary/aromatic N) is 5. The highest BCUT2D eigenvalue weighted by molar-refractivity contribution is 6.31. The molecule has 0 radical (unpaired) electrons. The zero-order chi connectivity index (χ0) is 26.0. The van der Waals surface area contributed by atoms with Crippen LogP contribution in [0, 0.1) is 25.5 Å². The molecule has 4 aromatic heterocycles. The van der Waals surface area contributed by atoms with E-state index in [4.69, 9.17) is 16.3 Å². The lowest BCUT2D eigenvalue weighted by atomic mass is 10.1. The Hall–Kier alpha value is -3.80. The van der Waals surface area contributed by atoms with E-state index in [0.717, 1.165) is 6.20 Å². The Morgan fingerprint density at radius 2 is 1.89 bits per heavy atom. The number of halogens is 3. The molecule has 4 heterocycles. The van der Waals surface area contributed by atoms with E-state index in [1.54, 1.807) is 32.2 Å². The van der Waals surface area contributed by atoms with Crippen LogP contribution in [0.15, 0.2) is 47.7 Å². The molecule has 12 heteroatoms. The summed E-state index contributed by atoms with van der Waals surface area (Å²) >= 11 is 6.31. The third-order valence-corrected chi connectivity index (χ3v) is 5.62. The van der Waals surface area contributed by atoms with E-state index in [0.29, 0.717) is 34.4 Å². The molecule has 0 aromatic carbocycles. The van der Waals surface area contributed by atoms with Gasteiger partial charge in [0.15, 0.2) is 11.6 Å². The van der Waals surface area contributed by atoms with Gasteiger partial charge in [-0.3, -0.25) is 19.3 Å². The molecule has 186 valence electrons. The second-order valence-corrected chi connectivity index (χ2v) is 8.21. The molecule has 0 unspecified atom stereocenters. The van der Waals surface area contributed by atoms with E-state index >= 15 is 0 Å². The maximum absolute atomic E-state index is 13.9. The molecular formula is C24H20ClF2N5O4. The number of hydrogen-bond donors (Lipinski definition) is 2. The van der Waals surface area contributed by atoms with Gasteiger partial charge in [-0.05, 0) is 31.5 Å². The molecule has 0 bridgehead atoms. The van der Waals surface area contributed by atoms with Crippen LogP contribution >= 0.6 is 11.6 Å². The molecule has 1 atom stereocenters. The third kappa shape index (κ3) is 5.08. The lowest BCUT2D eigenvalue weighted by molar-refractivity contribution is 0.0887. The van der Waals surface area contributed by atoms with Gasteiger partial charge in [-0.1, -0.05) is 11.6 Å². The van der Waals surface area contributed by atoms with Crippen molar-refractivity contribution in [3.8, 4) is 22.8 Å². The average molecular weight is 516 g/mol. The van der Waals surface area contributed by atoms with Crippen LogP contribution in [0.4, 0.5) is 8.78 Å². The zero-order valence-corrected chi connectivity index (χ0v) is 19.9. The summed E-state index contributed by atoms with van der Waals surface area (Å²) in [6.07, 6.45) is 2.60. The summed E-state index contributed by atoms with van der Waals surface area (Å²) in [5.74, 6) is -1.65. The predicted octanol–water partition coefficient (Wildman–Crippen LogP) is 3.24. The van der Waals surface area contributed by atoms with Gasteiger partial charge in [0.05, 0.1) is 29.9 Å². The molecule has 4 aromatic rings. The quantitative estimate of drug-likeness (QED) is 0.384. The van der Waals surface area contributed by atoms with Crippen molar-refractivity contribution in [2.75, 3.05) is 6.61 Å². The van der Waals surface area contributed by atoms with Crippen LogP contribution in [0.3, 0.4) is 0 Å². The average Bonchev–Trinajstić information content (AvgIpc) is 2.87. The molecule has 0 saturated carbocycles. The van der Waals surface area contributed by atoms with Crippen LogP contribution in [0.5, 0.6) is 5.75 Å². The number of pyridine rings is 3. The van der Waals surface area contributed by atoms with Crippen LogP contribution in [-0.2, 0) is 6.61 Å². The highest BCUT2D eigenvalue weighted by Crippen LogP contribution is 2.27. The first-order valence-corrected chi connectivity index (χ1v) is 11.0. The summed E-state index contributed by atoms with van der Waals surface area (Å²) in [5, 5.41) is 18.8. The summed E-state index contributed by atoms with van der Waals surface area (Å²) in [7, 11) is 0. The summed E-state index contributed by atoms with van der Waals surface area (Å²) in [6.45, 7) is 2.53. The lowest BCUT2D eigenvalue weighted by Gasteiger charge is -2.17. The fourth-order valence-corrected chi connectivity index (χ4v) is 3.63. The number of ether oxygens (including phenoxy) is 1.